The summed E-state index contributed by atoms with van der Waals surface area (Å²) < 4.78 is 0. The third kappa shape index (κ3) is 2.17. The van der Waals surface area contributed by atoms with Crippen molar-refractivity contribution < 1.29 is 4.92 Å². The molecule has 1 aliphatic rings. The first kappa shape index (κ1) is 12.4. The van der Waals surface area contributed by atoms with Crippen LogP contribution < -0.4 is 0 Å². The molecule has 0 atom stereocenters. The van der Waals surface area contributed by atoms with E-state index in [1.165, 1.54) is 6.07 Å². The molecular formula is C12H8ClN3O2S. The number of halogens is 1. The average Bonchev–Trinajstić information content (AvgIpc) is 2.87. The summed E-state index contributed by atoms with van der Waals surface area (Å²) >= 11 is 7.83. The Hall–Kier alpha value is -1.66. The Morgan fingerprint density at radius 1 is 1.26 bits per heavy atom. The number of nitro groups is 1. The smallest absolute Gasteiger partial charge is 0.258 e. The molecule has 96 valence electrons. The van der Waals surface area contributed by atoms with E-state index in [1.807, 2.05) is 0 Å². The van der Waals surface area contributed by atoms with Gasteiger partial charge in [0, 0.05) is 23.1 Å². The molecule has 0 saturated carbocycles. The minimum atomic E-state index is -0.436. The lowest BCUT2D eigenvalue weighted by atomic mass is 10.1. The minimum Gasteiger partial charge on any atom is -0.258 e. The van der Waals surface area contributed by atoms with E-state index in [0.29, 0.717) is 16.5 Å². The Morgan fingerprint density at radius 2 is 2.05 bits per heavy atom. The van der Waals surface area contributed by atoms with Gasteiger partial charge >= 0.3 is 0 Å². The number of rotatable bonds is 2. The second kappa shape index (κ2) is 4.79. The number of para-hydroxylation sites is 1. The van der Waals surface area contributed by atoms with Crippen LogP contribution in [-0.2, 0) is 11.5 Å². The Labute approximate surface area is 118 Å². The van der Waals surface area contributed by atoms with Crippen LogP contribution in [0.5, 0.6) is 0 Å². The standard InChI is InChI=1S/C12H8ClN3O2S/c13-11-8-5-19-6-9(8)14-12(15-11)7-3-1-2-4-10(7)16(17)18/h1-4H,5-6H2. The monoisotopic (exact) mass is 293 g/mol. The highest BCUT2D eigenvalue weighted by Crippen LogP contribution is 2.35. The van der Waals surface area contributed by atoms with Crippen molar-refractivity contribution >= 4 is 29.1 Å². The van der Waals surface area contributed by atoms with E-state index in [0.717, 1.165) is 22.8 Å². The normalized spacial score (nSPS) is 13.3. The van der Waals surface area contributed by atoms with E-state index in [1.54, 1.807) is 30.0 Å². The van der Waals surface area contributed by atoms with Crippen LogP contribution in [0.3, 0.4) is 0 Å². The molecule has 0 bridgehead atoms. The van der Waals surface area contributed by atoms with E-state index >= 15 is 0 Å². The first-order valence-corrected chi connectivity index (χ1v) is 7.07. The molecule has 0 saturated heterocycles. The van der Waals surface area contributed by atoms with Gasteiger partial charge in [0.05, 0.1) is 16.2 Å². The zero-order valence-corrected chi connectivity index (χ0v) is 11.2. The number of fused-ring (bicyclic) bond motifs is 1. The summed E-state index contributed by atoms with van der Waals surface area (Å²) in [6.45, 7) is 0. The van der Waals surface area contributed by atoms with Crippen molar-refractivity contribution in [2.45, 2.75) is 11.5 Å². The summed E-state index contributed by atoms with van der Waals surface area (Å²) in [6, 6.07) is 6.42. The summed E-state index contributed by atoms with van der Waals surface area (Å²) in [5, 5.41) is 11.4. The van der Waals surface area contributed by atoms with Crippen molar-refractivity contribution in [1.82, 2.24) is 9.97 Å². The van der Waals surface area contributed by atoms with E-state index in [2.05, 4.69) is 9.97 Å². The molecule has 2 heterocycles. The van der Waals surface area contributed by atoms with E-state index < -0.39 is 4.92 Å². The van der Waals surface area contributed by atoms with Gasteiger partial charge in [-0.05, 0) is 6.07 Å². The number of nitrogens with zero attached hydrogens (tertiary/aromatic N) is 3. The largest absolute Gasteiger partial charge is 0.280 e. The van der Waals surface area contributed by atoms with Crippen LogP contribution in [0, 0.1) is 10.1 Å². The van der Waals surface area contributed by atoms with Gasteiger partial charge in [-0.1, -0.05) is 23.7 Å². The van der Waals surface area contributed by atoms with Gasteiger partial charge in [-0.2, -0.15) is 11.8 Å². The van der Waals surface area contributed by atoms with Crippen LogP contribution in [0.25, 0.3) is 11.4 Å². The number of nitro benzene ring substituents is 1. The first-order valence-electron chi connectivity index (χ1n) is 5.53. The van der Waals surface area contributed by atoms with Gasteiger partial charge in [-0.15, -0.1) is 0 Å². The molecule has 0 unspecified atom stereocenters. The fraction of sp³-hybridized carbons (Fsp3) is 0.167. The molecule has 0 amide bonds. The highest BCUT2D eigenvalue weighted by atomic mass is 35.5. The van der Waals surface area contributed by atoms with Crippen LogP contribution >= 0.6 is 23.4 Å². The lowest BCUT2D eigenvalue weighted by molar-refractivity contribution is -0.384. The molecule has 1 aromatic carbocycles. The molecule has 0 aliphatic carbocycles. The second-order valence-electron chi connectivity index (χ2n) is 4.03. The number of hydrogen-bond donors (Lipinski definition) is 0. The van der Waals surface area contributed by atoms with Crippen molar-refractivity contribution in [2.75, 3.05) is 0 Å². The molecule has 0 fully saturated rings. The molecule has 1 aliphatic heterocycles. The number of benzene rings is 1. The molecule has 0 N–H and O–H groups in total. The van der Waals surface area contributed by atoms with Gasteiger partial charge in [-0.25, -0.2) is 9.97 Å². The van der Waals surface area contributed by atoms with Crippen LogP contribution in [-0.4, -0.2) is 14.9 Å². The van der Waals surface area contributed by atoms with Crippen molar-refractivity contribution in [3.8, 4) is 11.4 Å². The molecule has 7 heteroatoms. The third-order valence-corrected chi connectivity index (χ3v) is 4.15. The lowest BCUT2D eigenvalue weighted by Crippen LogP contribution is -2.00. The van der Waals surface area contributed by atoms with Gasteiger partial charge in [0.1, 0.15) is 5.15 Å². The SMILES string of the molecule is O=[N+]([O-])c1ccccc1-c1nc(Cl)c2c(n1)CSC2. The van der Waals surface area contributed by atoms with Gasteiger partial charge < -0.3 is 0 Å². The first-order chi connectivity index (χ1) is 9.16. The minimum absolute atomic E-state index is 0.0100. The zero-order valence-electron chi connectivity index (χ0n) is 9.67. The highest BCUT2D eigenvalue weighted by molar-refractivity contribution is 7.98. The van der Waals surface area contributed by atoms with Crippen molar-refractivity contribution in [1.29, 1.82) is 0 Å². The van der Waals surface area contributed by atoms with Gasteiger partial charge in [0.15, 0.2) is 5.82 Å². The van der Waals surface area contributed by atoms with Crippen LogP contribution in [0.1, 0.15) is 11.3 Å². The molecule has 1 aromatic heterocycles. The highest BCUT2D eigenvalue weighted by Gasteiger charge is 2.22. The summed E-state index contributed by atoms with van der Waals surface area (Å²) in [6.07, 6.45) is 0. The van der Waals surface area contributed by atoms with Crippen molar-refractivity contribution in [3.63, 3.8) is 0 Å². The number of thioether (sulfide) groups is 1. The maximum atomic E-state index is 11.0. The lowest BCUT2D eigenvalue weighted by Gasteiger charge is -2.05. The van der Waals surface area contributed by atoms with Crippen molar-refractivity contribution in [2.24, 2.45) is 0 Å². The maximum absolute atomic E-state index is 11.0. The van der Waals surface area contributed by atoms with Gasteiger partial charge in [0.25, 0.3) is 5.69 Å². The molecule has 3 rings (SSSR count). The molecule has 0 radical (unpaired) electrons. The predicted molar refractivity (Wildman–Crippen MR) is 74.1 cm³/mol. The van der Waals surface area contributed by atoms with Crippen LogP contribution in [0.4, 0.5) is 5.69 Å². The summed E-state index contributed by atoms with van der Waals surface area (Å²) in [5.74, 6) is 1.88. The van der Waals surface area contributed by atoms with Gasteiger partial charge in [-0.3, -0.25) is 10.1 Å². The summed E-state index contributed by atoms with van der Waals surface area (Å²) in [7, 11) is 0. The van der Waals surface area contributed by atoms with E-state index in [-0.39, 0.29) is 5.69 Å². The quantitative estimate of drug-likeness (QED) is 0.482. The molecule has 19 heavy (non-hydrogen) atoms. The fourth-order valence-electron chi connectivity index (χ4n) is 1.95. The Balaban J connectivity index is 2.18. The number of hydrogen-bond acceptors (Lipinski definition) is 5. The Kier molecular flexibility index (Phi) is 3.12. The zero-order chi connectivity index (χ0) is 13.4. The fourth-order valence-corrected chi connectivity index (χ4v) is 3.33. The van der Waals surface area contributed by atoms with E-state index in [4.69, 9.17) is 11.6 Å². The topological polar surface area (TPSA) is 68.9 Å². The maximum Gasteiger partial charge on any atom is 0.280 e. The summed E-state index contributed by atoms with van der Waals surface area (Å²) in [4.78, 5) is 19.2. The van der Waals surface area contributed by atoms with E-state index in [9.17, 15) is 10.1 Å². The molecule has 2 aromatic rings. The number of aromatic nitrogens is 2. The predicted octanol–water partition coefficient (Wildman–Crippen LogP) is 3.45. The van der Waals surface area contributed by atoms with Gasteiger partial charge in [0.2, 0.25) is 0 Å². The second-order valence-corrected chi connectivity index (χ2v) is 5.37. The summed E-state index contributed by atoms with van der Waals surface area (Å²) in [5.41, 5.74) is 2.20. The Morgan fingerprint density at radius 3 is 2.84 bits per heavy atom. The molecule has 0 spiro atoms. The Bertz CT molecular complexity index is 678. The molecular weight excluding hydrogens is 286 g/mol. The van der Waals surface area contributed by atoms with Crippen LogP contribution in [0.15, 0.2) is 24.3 Å². The average molecular weight is 294 g/mol. The molecule has 5 nitrogen and oxygen atoms in total. The van der Waals surface area contributed by atoms with Crippen molar-refractivity contribution in [3.05, 3.63) is 50.8 Å². The van der Waals surface area contributed by atoms with Crippen LogP contribution in [0.2, 0.25) is 5.15 Å². The third-order valence-electron chi connectivity index (χ3n) is 2.87.